The average Bonchev–Trinajstić information content (AvgIpc) is 1.99. The number of aldehydes is 1. The number of aliphatic hydroxyl groups is 1. The second kappa shape index (κ2) is 4.45. The summed E-state index contributed by atoms with van der Waals surface area (Å²) in [4.78, 5) is 36.4. The molecular formula is C4H4O6. The molecule has 0 rings (SSSR count). The molecule has 0 aliphatic rings. The predicted octanol–water partition coefficient (Wildman–Crippen LogP) is -1.82. The zero-order valence-corrected chi connectivity index (χ0v) is 4.77. The summed E-state index contributed by atoms with van der Waals surface area (Å²) in [5, 5.41) is 7.97. The van der Waals surface area contributed by atoms with Gasteiger partial charge < -0.3 is 5.11 Å². The summed E-state index contributed by atoms with van der Waals surface area (Å²) in [5.41, 5.74) is 0. The second-order valence-corrected chi connectivity index (χ2v) is 1.13. The number of rotatable bonds is 2. The van der Waals surface area contributed by atoms with Crippen LogP contribution in [0.1, 0.15) is 0 Å². The number of carbonyl (C=O) groups excluding carboxylic acids is 3. The van der Waals surface area contributed by atoms with Crippen LogP contribution >= 0.6 is 0 Å². The summed E-state index contributed by atoms with van der Waals surface area (Å²) in [6.45, 7) is -0.911. The molecule has 0 aromatic heterocycles. The molecule has 10 heavy (non-hydrogen) atoms. The largest absolute Gasteiger partial charge is 0.418 e. The van der Waals surface area contributed by atoms with E-state index < -0.39 is 18.5 Å². The van der Waals surface area contributed by atoms with E-state index >= 15 is 0 Å². The van der Waals surface area contributed by atoms with Crippen LogP contribution in [-0.4, -0.2) is 29.9 Å². The Morgan fingerprint density at radius 2 is 2.00 bits per heavy atom. The van der Waals surface area contributed by atoms with Crippen LogP contribution in [0.15, 0.2) is 0 Å². The molecule has 1 N–H and O–H groups in total. The normalized spacial score (nSPS) is 8.10. The van der Waals surface area contributed by atoms with Crippen molar-refractivity contribution in [3.63, 3.8) is 0 Å². The first kappa shape index (κ1) is 8.57. The van der Waals surface area contributed by atoms with Gasteiger partial charge in [0.25, 0.3) is 0 Å². The molecule has 0 aromatic rings. The highest BCUT2D eigenvalue weighted by Gasteiger charge is 2.05. The van der Waals surface area contributed by atoms with E-state index in [1.165, 1.54) is 0 Å². The molecule has 0 aliphatic heterocycles. The third kappa shape index (κ3) is 3.56. The van der Waals surface area contributed by atoms with Crippen LogP contribution < -0.4 is 0 Å². The average molecular weight is 148 g/mol. The number of hydrogen-bond acceptors (Lipinski definition) is 6. The molecule has 0 spiro atoms. The highest BCUT2D eigenvalue weighted by molar-refractivity contribution is 6.20. The van der Waals surface area contributed by atoms with Gasteiger partial charge in [0.05, 0.1) is 0 Å². The SMILES string of the molecule is O=CC(=O)OOC(=O)CO. The van der Waals surface area contributed by atoms with E-state index in [1.54, 1.807) is 0 Å². The maximum atomic E-state index is 9.97. The van der Waals surface area contributed by atoms with Gasteiger partial charge in [0.15, 0.2) is 0 Å². The Hall–Kier alpha value is -1.43. The van der Waals surface area contributed by atoms with Crippen LogP contribution in [0.3, 0.4) is 0 Å². The minimum atomic E-state index is -1.33. The van der Waals surface area contributed by atoms with E-state index in [9.17, 15) is 14.4 Å². The zero-order valence-electron chi connectivity index (χ0n) is 4.77. The van der Waals surface area contributed by atoms with Crippen LogP contribution in [0.4, 0.5) is 0 Å². The third-order valence-electron chi connectivity index (χ3n) is 0.442. The van der Waals surface area contributed by atoms with E-state index in [0.29, 0.717) is 0 Å². The smallest absolute Gasteiger partial charge is 0.384 e. The Labute approximate surface area is 55.3 Å². The van der Waals surface area contributed by atoms with E-state index in [0.717, 1.165) is 0 Å². The molecule has 0 radical (unpaired) electrons. The van der Waals surface area contributed by atoms with E-state index in [-0.39, 0.29) is 6.29 Å². The number of carbonyl (C=O) groups is 3. The Bertz CT molecular complexity index is 150. The fourth-order valence-corrected chi connectivity index (χ4v) is 0.134. The molecule has 0 aliphatic carbocycles. The summed E-state index contributed by atoms with van der Waals surface area (Å²) in [7, 11) is 0. The van der Waals surface area contributed by atoms with Crippen molar-refractivity contribution in [3.05, 3.63) is 0 Å². The maximum absolute atomic E-state index is 9.97. The molecule has 0 bridgehead atoms. The van der Waals surface area contributed by atoms with Crippen molar-refractivity contribution in [2.45, 2.75) is 0 Å². The molecule has 0 saturated carbocycles. The third-order valence-corrected chi connectivity index (χ3v) is 0.442. The van der Waals surface area contributed by atoms with Crippen LogP contribution in [-0.2, 0) is 24.2 Å². The van der Waals surface area contributed by atoms with Gasteiger partial charge in [-0.1, -0.05) is 0 Å². The van der Waals surface area contributed by atoms with Gasteiger partial charge in [-0.25, -0.2) is 19.4 Å². The summed E-state index contributed by atoms with van der Waals surface area (Å²) >= 11 is 0. The highest BCUT2D eigenvalue weighted by atomic mass is 17.2. The predicted molar refractivity (Wildman–Crippen MR) is 25.3 cm³/mol. The summed E-state index contributed by atoms with van der Waals surface area (Å²) in [5.74, 6) is -2.47. The maximum Gasteiger partial charge on any atom is 0.418 e. The van der Waals surface area contributed by atoms with Crippen molar-refractivity contribution >= 4 is 18.2 Å². The van der Waals surface area contributed by atoms with Gasteiger partial charge in [-0.05, 0) is 0 Å². The van der Waals surface area contributed by atoms with Crippen LogP contribution in [0.25, 0.3) is 0 Å². The standard InChI is InChI=1S/C4H4O6/c5-1-3(7)9-10-4(8)2-6/h1,6H,2H2. The lowest BCUT2D eigenvalue weighted by atomic mass is 10.8. The Morgan fingerprint density at radius 1 is 1.40 bits per heavy atom. The van der Waals surface area contributed by atoms with Crippen molar-refractivity contribution in [1.29, 1.82) is 0 Å². The van der Waals surface area contributed by atoms with Gasteiger partial charge in [0, 0.05) is 0 Å². The van der Waals surface area contributed by atoms with E-state index in [1.807, 2.05) is 0 Å². The molecule has 0 heterocycles. The molecular weight excluding hydrogens is 144 g/mol. The first-order valence-corrected chi connectivity index (χ1v) is 2.18. The number of aliphatic hydroxyl groups excluding tert-OH is 1. The van der Waals surface area contributed by atoms with Gasteiger partial charge >= 0.3 is 11.9 Å². The molecule has 0 unspecified atom stereocenters. The van der Waals surface area contributed by atoms with Crippen molar-refractivity contribution in [1.82, 2.24) is 0 Å². The minimum Gasteiger partial charge on any atom is -0.384 e. The summed E-state index contributed by atoms with van der Waals surface area (Å²) < 4.78 is 0. The van der Waals surface area contributed by atoms with E-state index in [4.69, 9.17) is 5.11 Å². The monoisotopic (exact) mass is 148 g/mol. The fraction of sp³-hybridized carbons (Fsp3) is 0.250. The molecule has 0 saturated heterocycles. The quantitative estimate of drug-likeness (QED) is 0.214. The summed E-state index contributed by atoms with van der Waals surface area (Å²) in [6, 6.07) is 0. The number of hydrogen-bond donors (Lipinski definition) is 1. The van der Waals surface area contributed by atoms with Gasteiger partial charge in [-0.15, -0.1) is 0 Å². The molecule has 6 nitrogen and oxygen atoms in total. The Morgan fingerprint density at radius 3 is 2.40 bits per heavy atom. The topological polar surface area (TPSA) is 89.9 Å². The minimum absolute atomic E-state index is 0.176. The van der Waals surface area contributed by atoms with Crippen LogP contribution in [0.2, 0.25) is 0 Å². The van der Waals surface area contributed by atoms with Gasteiger partial charge in [0.2, 0.25) is 6.29 Å². The van der Waals surface area contributed by atoms with Crippen LogP contribution in [0.5, 0.6) is 0 Å². The first-order valence-electron chi connectivity index (χ1n) is 2.18. The second-order valence-electron chi connectivity index (χ2n) is 1.13. The van der Waals surface area contributed by atoms with Crippen molar-refractivity contribution in [2.24, 2.45) is 0 Å². The fourth-order valence-electron chi connectivity index (χ4n) is 0.134. The Balaban J connectivity index is 3.44. The molecule has 6 heteroatoms. The lowest BCUT2D eigenvalue weighted by molar-refractivity contribution is -0.257. The lowest BCUT2D eigenvalue weighted by Gasteiger charge is -1.94. The summed E-state index contributed by atoms with van der Waals surface area (Å²) in [6.07, 6.45) is -0.176. The van der Waals surface area contributed by atoms with Crippen molar-refractivity contribution < 1.29 is 29.3 Å². The van der Waals surface area contributed by atoms with Crippen LogP contribution in [0, 0.1) is 0 Å². The molecule has 0 fully saturated rings. The van der Waals surface area contributed by atoms with E-state index in [2.05, 4.69) is 9.78 Å². The molecule has 0 amide bonds. The molecule has 56 valence electrons. The van der Waals surface area contributed by atoms with Crippen molar-refractivity contribution in [3.8, 4) is 0 Å². The van der Waals surface area contributed by atoms with Gasteiger partial charge in [0.1, 0.15) is 6.61 Å². The molecule has 0 atom stereocenters. The molecule has 0 aromatic carbocycles. The Kier molecular flexibility index (Phi) is 3.81. The van der Waals surface area contributed by atoms with Gasteiger partial charge in [-0.2, -0.15) is 0 Å². The highest BCUT2D eigenvalue weighted by Crippen LogP contribution is 1.78. The van der Waals surface area contributed by atoms with Gasteiger partial charge in [-0.3, -0.25) is 4.79 Å². The lowest BCUT2D eigenvalue weighted by Crippen LogP contribution is -2.14. The van der Waals surface area contributed by atoms with Crippen molar-refractivity contribution in [2.75, 3.05) is 6.61 Å². The zero-order chi connectivity index (χ0) is 7.98. The first-order chi connectivity index (χ1) is 4.70.